The summed E-state index contributed by atoms with van der Waals surface area (Å²) in [6.07, 6.45) is 5.73. The number of aryl methyl sites for hydroxylation is 1. The summed E-state index contributed by atoms with van der Waals surface area (Å²) >= 11 is 1.55. The zero-order chi connectivity index (χ0) is 42.3. The first-order valence-corrected chi connectivity index (χ1v) is 22.2. The number of cyclic esters (lactones) is 1. The normalized spacial score (nSPS) is 27.2. The van der Waals surface area contributed by atoms with E-state index in [-0.39, 0.29) is 43.1 Å². The van der Waals surface area contributed by atoms with Gasteiger partial charge in [0.05, 0.1) is 36.1 Å². The highest BCUT2D eigenvalue weighted by atomic mass is 32.2. The van der Waals surface area contributed by atoms with Crippen molar-refractivity contribution in [2.24, 2.45) is 22.2 Å². The Balaban J connectivity index is 1.23. The first-order valence-electron chi connectivity index (χ1n) is 21.2. The maximum absolute atomic E-state index is 14.8. The molecule has 1 saturated carbocycles. The first kappa shape index (κ1) is 42.0. The zero-order valence-corrected chi connectivity index (χ0v) is 36.3. The second kappa shape index (κ2) is 17.3. The number of fused-ring (bicyclic) bond motifs is 5. The molecule has 4 aliphatic rings. The summed E-state index contributed by atoms with van der Waals surface area (Å²) in [7, 11) is 1.70. The van der Waals surface area contributed by atoms with Crippen LogP contribution in [0, 0.1) is 17.3 Å². The molecule has 8 atom stereocenters. The number of carbonyl (C=O) groups excluding carboxylic acids is 3. The van der Waals surface area contributed by atoms with Crippen LogP contribution in [0.1, 0.15) is 95.1 Å². The lowest BCUT2D eigenvalue weighted by molar-refractivity contribution is -0.156. The molecule has 6 heterocycles. The van der Waals surface area contributed by atoms with Gasteiger partial charge >= 0.3 is 5.97 Å². The Labute approximate surface area is 355 Å². The average Bonchev–Trinajstić information content (AvgIpc) is 3.55. The molecule has 2 N–H and O–H groups in total. The fraction of sp³-hybridized carbons (Fsp3) is 0.533. The van der Waals surface area contributed by atoms with Crippen LogP contribution in [-0.4, -0.2) is 98.2 Å². The molecule has 0 spiro atoms. The minimum atomic E-state index is -1.12. The molecular formula is C45H56N8O6S. The number of esters is 1. The number of hydrogen-bond acceptors (Lipinski definition) is 12. The van der Waals surface area contributed by atoms with Crippen LogP contribution in [-0.2, 0) is 41.6 Å². The monoisotopic (exact) mass is 836 g/mol. The van der Waals surface area contributed by atoms with Gasteiger partial charge in [-0.25, -0.2) is 15.4 Å². The molecular weight excluding hydrogens is 781 g/mol. The van der Waals surface area contributed by atoms with E-state index in [4.69, 9.17) is 24.2 Å². The number of nitrogens with one attached hydrogen (secondary N) is 2. The van der Waals surface area contributed by atoms with Crippen molar-refractivity contribution in [3.63, 3.8) is 0 Å². The molecule has 1 aromatic carbocycles. The molecule has 6 bridgehead atoms. The summed E-state index contributed by atoms with van der Waals surface area (Å²) in [6.45, 7) is 13.8. The van der Waals surface area contributed by atoms with E-state index in [0.29, 0.717) is 42.4 Å². The number of pyridine rings is 1. The first-order chi connectivity index (χ1) is 28.9. The summed E-state index contributed by atoms with van der Waals surface area (Å²) in [6, 6.07) is 10.3. The molecule has 3 aliphatic heterocycles. The minimum absolute atomic E-state index is 0.0117. The summed E-state index contributed by atoms with van der Waals surface area (Å²) < 4.78 is 20.7. The molecule has 3 aromatic heterocycles. The highest BCUT2D eigenvalue weighted by Gasteiger charge is 2.55. The van der Waals surface area contributed by atoms with Crippen molar-refractivity contribution in [1.82, 2.24) is 35.3 Å². The zero-order valence-electron chi connectivity index (χ0n) is 35.5. The van der Waals surface area contributed by atoms with Crippen LogP contribution in [0.3, 0.4) is 0 Å². The molecule has 15 heteroatoms. The van der Waals surface area contributed by atoms with Gasteiger partial charge in [-0.15, -0.1) is 11.8 Å². The van der Waals surface area contributed by atoms with Crippen molar-refractivity contribution < 1.29 is 28.6 Å². The minimum Gasteiger partial charge on any atom is -0.464 e. The largest absolute Gasteiger partial charge is 0.464 e. The Morgan fingerprint density at radius 3 is 2.65 bits per heavy atom. The SMILES string of the molecule is CCO[C@@H]1C2=NC(CS2)c2ccc3c(c2)c(c(-c2cccnc2[C@H](C)OC)n3CC)CC(C)(C)COC(=O)[C@@H]2CCCN(N2)C(=O)[C@H]1NC(=O)[C@H]1[C@H](C)[C@@H]1c1ncccn1. The molecule has 4 aromatic rings. The Kier molecular flexibility index (Phi) is 12.1. The maximum Gasteiger partial charge on any atom is 0.324 e. The van der Waals surface area contributed by atoms with E-state index in [2.05, 4.69) is 70.3 Å². The lowest BCUT2D eigenvalue weighted by Crippen LogP contribution is -2.63. The number of methoxy groups -OCH3 is 1. The molecule has 318 valence electrons. The number of nitrogens with zero attached hydrogens (tertiary/aromatic N) is 6. The van der Waals surface area contributed by atoms with Gasteiger partial charge in [0.25, 0.3) is 5.91 Å². The molecule has 8 rings (SSSR count). The number of hydrogen-bond donors (Lipinski definition) is 2. The third kappa shape index (κ3) is 8.08. The molecule has 1 unspecified atom stereocenters. The summed E-state index contributed by atoms with van der Waals surface area (Å²) in [5.74, 6) is -0.445. The van der Waals surface area contributed by atoms with E-state index in [9.17, 15) is 14.4 Å². The molecule has 2 amide bonds. The highest BCUT2D eigenvalue weighted by molar-refractivity contribution is 8.14. The Hall–Kier alpha value is -4.70. The summed E-state index contributed by atoms with van der Waals surface area (Å²) in [5.41, 5.74) is 8.89. The standard InChI is InChI=1S/C45H56N8O6S/c1-8-52-33-16-15-27-21-29(33)30(38(52)28-13-10-17-46-36(28)26(4)57-7)22-45(5,6)24-59-44(56)31-14-11-20-53(51-31)43(55)37(39(58-9-2)42-49-32(27)23-60-42)50-41(54)35-25(3)34(35)40-47-18-12-19-48-40/h10,12-13,15-19,21,25-26,31-32,34-35,37,39,51H,8-9,11,14,20,22-24H2,1-7H3,(H,50,54)/t25-,26+,31+,32?,34+,35+,37+,39+/m1/s1. The van der Waals surface area contributed by atoms with Crippen molar-refractivity contribution >= 4 is 45.5 Å². The van der Waals surface area contributed by atoms with Gasteiger partial charge in [0.2, 0.25) is 5.91 Å². The van der Waals surface area contributed by atoms with E-state index in [1.54, 1.807) is 43.5 Å². The number of aliphatic imine (C=N–C) groups is 1. The molecule has 1 saturated heterocycles. The van der Waals surface area contributed by atoms with Crippen molar-refractivity contribution in [2.45, 2.75) is 104 Å². The number of aromatic nitrogens is 4. The third-order valence-corrected chi connectivity index (χ3v) is 13.5. The van der Waals surface area contributed by atoms with Gasteiger partial charge in [-0.05, 0) is 87.4 Å². The molecule has 1 aliphatic carbocycles. The molecule has 60 heavy (non-hydrogen) atoms. The fourth-order valence-corrected chi connectivity index (χ4v) is 10.3. The smallest absolute Gasteiger partial charge is 0.324 e. The van der Waals surface area contributed by atoms with Crippen LogP contribution in [0.25, 0.3) is 22.2 Å². The third-order valence-electron chi connectivity index (χ3n) is 12.4. The lowest BCUT2D eigenvalue weighted by atomic mass is 9.84. The van der Waals surface area contributed by atoms with Crippen LogP contribution < -0.4 is 10.7 Å². The van der Waals surface area contributed by atoms with E-state index in [1.165, 1.54) is 5.01 Å². The van der Waals surface area contributed by atoms with Gasteiger partial charge in [0, 0.05) is 78.9 Å². The lowest BCUT2D eigenvalue weighted by Gasteiger charge is -2.37. The maximum atomic E-state index is 14.8. The quantitative estimate of drug-likeness (QED) is 0.191. The number of carbonyl (C=O) groups is 3. The van der Waals surface area contributed by atoms with Gasteiger partial charge in [0.15, 0.2) is 0 Å². The van der Waals surface area contributed by atoms with Crippen molar-refractivity contribution in [2.75, 3.05) is 32.6 Å². The molecule has 14 nitrogen and oxygen atoms in total. The second-order valence-electron chi connectivity index (χ2n) is 17.1. The van der Waals surface area contributed by atoms with Crippen molar-refractivity contribution in [3.8, 4) is 11.3 Å². The Bertz CT molecular complexity index is 2280. The Morgan fingerprint density at radius 1 is 1.12 bits per heavy atom. The highest BCUT2D eigenvalue weighted by Crippen LogP contribution is 2.52. The number of benzene rings is 1. The Morgan fingerprint density at radius 2 is 1.90 bits per heavy atom. The van der Waals surface area contributed by atoms with Crippen molar-refractivity contribution in [1.29, 1.82) is 0 Å². The topological polar surface area (TPSA) is 162 Å². The van der Waals surface area contributed by atoms with Crippen LogP contribution in [0.2, 0.25) is 0 Å². The fourth-order valence-electron chi connectivity index (χ4n) is 9.17. The number of hydrazine groups is 1. The summed E-state index contributed by atoms with van der Waals surface area (Å²) in [5, 5.41) is 6.31. The van der Waals surface area contributed by atoms with Crippen LogP contribution >= 0.6 is 11.8 Å². The molecule has 2 fully saturated rings. The summed E-state index contributed by atoms with van der Waals surface area (Å²) in [4.78, 5) is 61.7. The van der Waals surface area contributed by atoms with E-state index in [1.807, 2.05) is 26.8 Å². The van der Waals surface area contributed by atoms with Gasteiger partial charge < -0.3 is 24.1 Å². The van der Waals surface area contributed by atoms with Crippen LogP contribution in [0.4, 0.5) is 0 Å². The predicted octanol–water partition coefficient (Wildman–Crippen LogP) is 5.97. The van der Waals surface area contributed by atoms with E-state index in [0.717, 1.165) is 45.5 Å². The van der Waals surface area contributed by atoms with Crippen LogP contribution in [0.15, 0.2) is 60.0 Å². The second-order valence-corrected chi connectivity index (χ2v) is 18.1. The number of thioether (sulfide) groups is 1. The average molecular weight is 837 g/mol. The number of rotatable bonds is 9. The van der Waals surface area contributed by atoms with Crippen molar-refractivity contribution in [3.05, 3.63) is 77.6 Å². The predicted molar refractivity (Wildman–Crippen MR) is 230 cm³/mol. The number of amides is 2. The van der Waals surface area contributed by atoms with Crippen LogP contribution in [0.5, 0.6) is 0 Å². The van der Waals surface area contributed by atoms with Gasteiger partial charge in [0.1, 0.15) is 29.1 Å². The van der Waals surface area contributed by atoms with Gasteiger partial charge in [-0.3, -0.25) is 29.4 Å². The van der Waals surface area contributed by atoms with Gasteiger partial charge in [-0.2, -0.15) is 0 Å². The molecule has 0 radical (unpaired) electrons. The number of ether oxygens (including phenoxy) is 3. The van der Waals surface area contributed by atoms with Gasteiger partial charge in [-0.1, -0.05) is 26.8 Å². The van der Waals surface area contributed by atoms with E-state index >= 15 is 0 Å². The van der Waals surface area contributed by atoms with E-state index < -0.39 is 41.4 Å².